The molecule has 2 saturated heterocycles. The summed E-state index contributed by atoms with van der Waals surface area (Å²) < 4.78 is 0. The molecule has 3 unspecified atom stereocenters. The molecule has 5 N–H and O–H groups in total. The molecule has 0 aliphatic carbocycles. The predicted molar refractivity (Wildman–Crippen MR) is 104 cm³/mol. The van der Waals surface area contributed by atoms with Crippen LogP contribution in [0.5, 0.6) is 0 Å². The molecule has 2 heterocycles. The summed E-state index contributed by atoms with van der Waals surface area (Å²) in [6.07, 6.45) is 1.97. The average molecular weight is 402 g/mol. The van der Waals surface area contributed by atoms with E-state index in [1.54, 1.807) is 24.3 Å². The van der Waals surface area contributed by atoms with Crippen molar-refractivity contribution in [3.05, 3.63) is 29.3 Å². The van der Waals surface area contributed by atoms with Crippen molar-refractivity contribution in [3.8, 4) is 0 Å². The lowest BCUT2D eigenvalue weighted by Crippen LogP contribution is -2.49. The number of anilines is 1. The average Bonchev–Trinajstić information content (AvgIpc) is 3.05. The Kier molecular flexibility index (Phi) is 8.12. The molecule has 7 nitrogen and oxygen atoms in total. The first kappa shape index (κ1) is 20.9. The third-order valence-electron chi connectivity index (χ3n) is 4.67. The summed E-state index contributed by atoms with van der Waals surface area (Å²) in [4.78, 5) is 24.2. The van der Waals surface area contributed by atoms with Gasteiger partial charge in [-0.1, -0.05) is 11.6 Å². The molecule has 2 aliphatic heterocycles. The molecule has 0 spiro atoms. The molecule has 0 radical (unpaired) electrons. The summed E-state index contributed by atoms with van der Waals surface area (Å²) in [6.45, 7) is 2.30. The fraction of sp³-hybridized carbons (Fsp3) is 0.529. The Morgan fingerprint density at radius 3 is 2.73 bits per heavy atom. The van der Waals surface area contributed by atoms with Gasteiger partial charge in [0.05, 0.1) is 0 Å². The minimum atomic E-state index is -0.222. The van der Waals surface area contributed by atoms with Crippen LogP contribution >= 0.6 is 24.0 Å². The van der Waals surface area contributed by atoms with Gasteiger partial charge in [0.25, 0.3) is 0 Å². The second kappa shape index (κ2) is 10.1. The first-order valence-corrected chi connectivity index (χ1v) is 9.06. The Morgan fingerprint density at radius 2 is 1.96 bits per heavy atom. The zero-order chi connectivity index (χ0) is 17.6. The van der Waals surface area contributed by atoms with Crippen LogP contribution in [0.3, 0.4) is 0 Å². The first-order chi connectivity index (χ1) is 12.1. The van der Waals surface area contributed by atoms with E-state index in [0.29, 0.717) is 30.5 Å². The lowest BCUT2D eigenvalue weighted by atomic mass is 9.89. The maximum atomic E-state index is 12.3. The first-order valence-electron chi connectivity index (χ1n) is 8.68. The molecule has 1 aromatic carbocycles. The molecule has 2 amide bonds. The second-order valence-corrected chi connectivity index (χ2v) is 6.92. The minimum Gasteiger partial charge on any atom is -0.355 e. The highest BCUT2D eigenvalue weighted by Gasteiger charge is 2.40. The molecule has 0 saturated carbocycles. The number of amides is 2. The van der Waals surface area contributed by atoms with Crippen LogP contribution in [-0.4, -0.2) is 43.5 Å². The van der Waals surface area contributed by atoms with E-state index in [4.69, 9.17) is 11.6 Å². The Morgan fingerprint density at radius 1 is 1.19 bits per heavy atom. The van der Waals surface area contributed by atoms with Crippen LogP contribution in [0.15, 0.2) is 24.3 Å². The zero-order valence-corrected chi connectivity index (χ0v) is 16.0. The molecular weight excluding hydrogens is 377 g/mol. The highest BCUT2D eigenvalue weighted by atomic mass is 35.5. The van der Waals surface area contributed by atoms with E-state index < -0.39 is 0 Å². The molecule has 9 heteroatoms. The molecule has 2 aliphatic rings. The van der Waals surface area contributed by atoms with Gasteiger partial charge in [-0.25, -0.2) is 5.43 Å². The highest BCUT2D eigenvalue weighted by Crippen LogP contribution is 2.20. The summed E-state index contributed by atoms with van der Waals surface area (Å²) in [7, 11) is 0. The fourth-order valence-electron chi connectivity index (χ4n) is 3.30. The third-order valence-corrected chi connectivity index (χ3v) is 4.92. The van der Waals surface area contributed by atoms with Crippen LogP contribution in [0.25, 0.3) is 0 Å². The molecule has 3 atom stereocenters. The van der Waals surface area contributed by atoms with Crippen LogP contribution in [0.4, 0.5) is 5.69 Å². The number of piperidine rings is 1. The zero-order valence-electron chi connectivity index (χ0n) is 14.4. The number of halogens is 2. The smallest absolute Gasteiger partial charge is 0.238 e. The van der Waals surface area contributed by atoms with Gasteiger partial charge in [0.15, 0.2) is 0 Å². The van der Waals surface area contributed by atoms with Crippen molar-refractivity contribution in [3.63, 3.8) is 0 Å². The maximum absolute atomic E-state index is 12.3. The van der Waals surface area contributed by atoms with Crippen molar-refractivity contribution in [2.45, 2.75) is 31.3 Å². The number of hydrogen-bond donors (Lipinski definition) is 5. The van der Waals surface area contributed by atoms with Crippen molar-refractivity contribution in [1.82, 2.24) is 21.5 Å². The van der Waals surface area contributed by atoms with Crippen LogP contribution in [-0.2, 0) is 9.59 Å². The van der Waals surface area contributed by atoms with E-state index in [0.717, 1.165) is 25.2 Å². The molecule has 2 fully saturated rings. The minimum absolute atomic E-state index is 0. The van der Waals surface area contributed by atoms with E-state index >= 15 is 0 Å². The van der Waals surface area contributed by atoms with Gasteiger partial charge in [0.1, 0.15) is 6.04 Å². The number of fused-ring (bicyclic) bond motifs is 1. The SMILES string of the molecule is Cl.O=C(CCCNC(=O)C1NNC2CCNCC21)Nc1ccc(Cl)cc1. The molecule has 144 valence electrons. The van der Waals surface area contributed by atoms with Crippen LogP contribution in [0.2, 0.25) is 5.02 Å². The normalized spacial score (nSPS) is 24.3. The monoisotopic (exact) mass is 401 g/mol. The van der Waals surface area contributed by atoms with Crippen molar-refractivity contribution >= 4 is 41.5 Å². The van der Waals surface area contributed by atoms with E-state index in [1.807, 2.05) is 0 Å². The summed E-state index contributed by atoms with van der Waals surface area (Å²) in [6, 6.07) is 7.11. The topological polar surface area (TPSA) is 94.3 Å². The van der Waals surface area contributed by atoms with E-state index in [2.05, 4.69) is 26.8 Å². The lowest BCUT2D eigenvalue weighted by molar-refractivity contribution is -0.124. The van der Waals surface area contributed by atoms with Crippen LogP contribution < -0.4 is 26.8 Å². The summed E-state index contributed by atoms with van der Waals surface area (Å²) in [5.74, 6) is 0.178. The predicted octanol–water partition coefficient (Wildman–Crippen LogP) is 1.05. The Balaban J connectivity index is 0.00000243. The van der Waals surface area contributed by atoms with Crippen molar-refractivity contribution in [2.75, 3.05) is 25.0 Å². The Labute approximate surface area is 164 Å². The van der Waals surface area contributed by atoms with E-state index in [9.17, 15) is 9.59 Å². The van der Waals surface area contributed by atoms with Crippen LogP contribution in [0, 0.1) is 5.92 Å². The lowest BCUT2D eigenvalue weighted by Gasteiger charge is -2.27. The van der Waals surface area contributed by atoms with E-state index in [-0.39, 0.29) is 36.2 Å². The number of hydrogen-bond acceptors (Lipinski definition) is 5. The number of rotatable bonds is 6. The number of carbonyl (C=O) groups is 2. The Hall–Kier alpha value is -1.38. The molecule has 3 rings (SSSR count). The quantitative estimate of drug-likeness (QED) is 0.459. The number of nitrogens with one attached hydrogen (secondary N) is 5. The van der Waals surface area contributed by atoms with Crippen molar-refractivity contribution in [1.29, 1.82) is 0 Å². The van der Waals surface area contributed by atoms with Crippen LogP contribution in [0.1, 0.15) is 19.3 Å². The fourth-order valence-corrected chi connectivity index (χ4v) is 3.43. The summed E-state index contributed by atoms with van der Waals surface area (Å²) >= 11 is 5.81. The largest absolute Gasteiger partial charge is 0.355 e. The summed E-state index contributed by atoms with van der Waals surface area (Å²) in [5, 5.41) is 9.69. The van der Waals surface area contributed by atoms with Gasteiger partial charge >= 0.3 is 0 Å². The van der Waals surface area contributed by atoms with Gasteiger partial charge in [0, 0.05) is 42.2 Å². The third kappa shape index (κ3) is 5.56. The molecule has 1 aromatic rings. The molecule has 0 aromatic heterocycles. The number of carbonyl (C=O) groups excluding carboxylic acids is 2. The van der Waals surface area contributed by atoms with Gasteiger partial charge in [-0.15, -0.1) is 12.4 Å². The standard InChI is InChI=1S/C17H24ClN5O2.ClH/c18-11-3-5-12(6-4-11)21-15(24)2-1-8-20-17(25)16-13-10-19-9-7-14(13)22-23-16;/h3-6,13-14,16,19,22-23H,1-2,7-10H2,(H,20,25)(H,21,24);1H. The summed E-state index contributed by atoms with van der Waals surface area (Å²) in [5.41, 5.74) is 7.02. The number of hydrazine groups is 1. The van der Waals surface area contributed by atoms with Gasteiger partial charge in [-0.3, -0.25) is 15.0 Å². The number of benzene rings is 1. The molecule has 26 heavy (non-hydrogen) atoms. The van der Waals surface area contributed by atoms with Gasteiger partial charge in [-0.05, 0) is 43.7 Å². The Bertz CT molecular complexity index is 614. The van der Waals surface area contributed by atoms with Crippen molar-refractivity contribution in [2.24, 2.45) is 5.92 Å². The molecule has 0 bridgehead atoms. The van der Waals surface area contributed by atoms with Gasteiger partial charge < -0.3 is 16.0 Å². The maximum Gasteiger partial charge on any atom is 0.238 e. The van der Waals surface area contributed by atoms with E-state index in [1.165, 1.54) is 0 Å². The highest BCUT2D eigenvalue weighted by molar-refractivity contribution is 6.30. The van der Waals surface area contributed by atoms with Gasteiger partial charge in [0.2, 0.25) is 11.8 Å². The van der Waals surface area contributed by atoms with Gasteiger partial charge in [-0.2, -0.15) is 0 Å². The molecular formula is C17H25Cl2N5O2. The van der Waals surface area contributed by atoms with Crippen molar-refractivity contribution < 1.29 is 9.59 Å². The second-order valence-electron chi connectivity index (χ2n) is 6.48.